The predicted molar refractivity (Wildman–Crippen MR) is 54.4 cm³/mol. The van der Waals surface area contributed by atoms with Crippen LogP contribution in [0.5, 0.6) is 0 Å². The molecule has 0 saturated heterocycles. The van der Waals surface area contributed by atoms with Crippen molar-refractivity contribution in [2.45, 2.75) is 33.6 Å². The number of nitrogens with zero attached hydrogens (tertiary/aromatic N) is 1. The van der Waals surface area contributed by atoms with Gasteiger partial charge in [-0.2, -0.15) is 0 Å². The van der Waals surface area contributed by atoms with Crippen LogP contribution in [-0.4, -0.2) is 16.3 Å². The van der Waals surface area contributed by atoms with Crippen LogP contribution in [0.15, 0.2) is 12.1 Å². The van der Waals surface area contributed by atoms with Gasteiger partial charge in [-0.25, -0.2) is 0 Å². The molecule has 0 N–H and O–H groups in total. The first kappa shape index (κ1) is 10.7. The van der Waals surface area contributed by atoms with Gasteiger partial charge in [0.25, 0.3) is 0 Å². The van der Waals surface area contributed by atoms with Gasteiger partial charge in [0.1, 0.15) is 5.78 Å². The second kappa shape index (κ2) is 4.22. The molecule has 3 heteroatoms. The molecule has 0 aromatic carbocycles. The van der Waals surface area contributed by atoms with Crippen molar-refractivity contribution in [1.29, 1.82) is 0 Å². The number of rotatable bonds is 3. The monoisotopic (exact) mass is 193 g/mol. The van der Waals surface area contributed by atoms with E-state index in [0.717, 1.165) is 11.4 Å². The van der Waals surface area contributed by atoms with Crippen molar-refractivity contribution in [1.82, 2.24) is 4.57 Å². The Morgan fingerprint density at radius 3 is 2.07 bits per heavy atom. The number of ketones is 1. The van der Waals surface area contributed by atoms with Gasteiger partial charge in [-0.1, -0.05) is 0 Å². The Morgan fingerprint density at radius 2 is 1.64 bits per heavy atom. The first-order valence-corrected chi connectivity index (χ1v) is 4.70. The van der Waals surface area contributed by atoms with Gasteiger partial charge in [0.05, 0.1) is 0 Å². The van der Waals surface area contributed by atoms with Crippen molar-refractivity contribution in [2.75, 3.05) is 0 Å². The maximum Gasteiger partial charge on any atom is 0.231 e. The van der Waals surface area contributed by atoms with Crippen molar-refractivity contribution in [2.24, 2.45) is 0 Å². The molecule has 0 unspecified atom stereocenters. The van der Waals surface area contributed by atoms with E-state index in [9.17, 15) is 9.59 Å². The number of aromatic nitrogens is 1. The standard InChI is InChI=1S/C11H15NO2/c1-8-4-5-9(2)12(8)11(14)7-6-10(3)13/h4-5H,6-7H2,1-3H3. The fraction of sp³-hybridized carbons (Fsp3) is 0.455. The van der Waals surface area contributed by atoms with E-state index < -0.39 is 0 Å². The highest BCUT2D eigenvalue weighted by Crippen LogP contribution is 2.08. The van der Waals surface area contributed by atoms with E-state index in [-0.39, 0.29) is 11.7 Å². The third-order valence-electron chi connectivity index (χ3n) is 2.21. The lowest BCUT2D eigenvalue weighted by molar-refractivity contribution is -0.117. The second-order valence-corrected chi connectivity index (χ2v) is 3.55. The van der Waals surface area contributed by atoms with Crippen LogP contribution in [0, 0.1) is 13.8 Å². The fourth-order valence-corrected chi connectivity index (χ4v) is 1.46. The van der Waals surface area contributed by atoms with Crippen molar-refractivity contribution < 1.29 is 9.59 Å². The minimum Gasteiger partial charge on any atom is -0.300 e. The molecule has 0 spiro atoms. The Morgan fingerprint density at radius 1 is 1.14 bits per heavy atom. The van der Waals surface area contributed by atoms with Crippen LogP contribution in [0.2, 0.25) is 0 Å². The average molecular weight is 193 g/mol. The quantitative estimate of drug-likeness (QED) is 0.737. The summed E-state index contributed by atoms with van der Waals surface area (Å²) in [7, 11) is 0. The van der Waals surface area contributed by atoms with Gasteiger partial charge < -0.3 is 4.79 Å². The van der Waals surface area contributed by atoms with Crippen molar-refractivity contribution in [3.8, 4) is 0 Å². The predicted octanol–water partition coefficient (Wildman–Crippen LogP) is 2.11. The maximum absolute atomic E-state index is 11.7. The summed E-state index contributed by atoms with van der Waals surface area (Å²) in [6, 6.07) is 3.81. The van der Waals surface area contributed by atoms with E-state index in [1.807, 2.05) is 26.0 Å². The highest BCUT2D eigenvalue weighted by atomic mass is 16.2. The smallest absolute Gasteiger partial charge is 0.231 e. The zero-order chi connectivity index (χ0) is 10.7. The third-order valence-corrected chi connectivity index (χ3v) is 2.21. The van der Waals surface area contributed by atoms with E-state index in [4.69, 9.17) is 0 Å². The SMILES string of the molecule is CC(=O)CCC(=O)n1c(C)ccc1C. The third kappa shape index (κ3) is 2.31. The second-order valence-electron chi connectivity index (χ2n) is 3.55. The van der Waals surface area contributed by atoms with E-state index in [1.54, 1.807) is 4.57 Å². The largest absolute Gasteiger partial charge is 0.300 e. The van der Waals surface area contributed by atoms with E-state index >= 15 is 0 Å². The number of hydrogen-bond acceptors (Lipinski definition) is 2. The molecular formula is C11H15NO2. The van der Waals surface area contributed by atoms with Gasteiger partial charge in [0, 0.05) is 24.2 Å². The van der Waals surface area contributed by atoms with Gasteiger partial charge in [0.15, 0.2) is 0 Å². The Labute approximate surface area is 83.7 Å². The molecule has 0 aliphatic rings. The van der Waals surface area contributed by atoms with Gasteiger partial charge in [-0.3, -0.25) is 9.36 Å². The molecule has 1 aromatic rings. The Balaban J connectivity index is 2.74. The van der Waals surface area contributed by atoms with Crippen LogP contribution in [0.4, 0.5) is 0 Å². The zero-order valence-electron chi connectivity index (χ0n) is 8.83. The molecule has 0 fully saturated rings. The highest BCUT2D eigenvalue weighted by molar-refractivity contribution is 5.85. The zero-order valence-corrected chi connectivity index (χ0v) is 8.83. The minimum atomic E-state index is 0.000185. The topological polar surface area (TPSA) is 39.1 Å². The van der Waals surface area contributed by atoms with E-state index in [2.05, 4.69) is 0 Å². The molecule has 0 radical (unpaired) electrons. The summed E-state index contributed by atoms with van der Waals surface area (Å²) in [4.78, 5) is 22.4. The van der Waals surface area contributed by atoms with E-state index in [1.165, 1.54) is 6.92 Å². The summed E-state index contributed by atoms with van der Waals surface area (Å²) in [5.74, 6) is 0.0565. The number of Topliss-reactive ketones (excluding diaryl/α,β-unsaturated/α-hetero) is 1. The van der Waals surface area contributed by atoms with Gasteiger partial charge in [-0.05, 0) is 32.9 Å². The van der Waals surface area contributed by atoms with Crippen LogP contribution in [0.25, 0.3) is 0 Å². The lowest BCUT2D eigenvalue weighted by Gasteiger charge is -2.06. The van der Waals surface area contributed by atoms with Crippen LogP contribution in [-0.2, 0) is 4.79 Å². The number of carbonyl (C=O) groups excluding carboxylic acids is 2. The summed E-state index contributed by atoms with van der Waals surface area (Å²) < 4.78 is 1.66. The average Bonchev–Trinajstić information content (AvgIpc) is 2.42. The number of aryl methyl sites for hydroxylation is 2. The molecular weight excluding hydrogens is 178 g/mol. The molecule has 1 rings (SSSR count). The summed E-state index contributed by atoms with van der Waals surface area (Å²) in [6.45, 7) is 5.28. The Bertz CT molecular complexity index is 344. The molecule has 0 saturated carbocycles. The molecule has 76 valence electrons. The first-order chi connectivity index (χ1) is 6.52. The normalized spacial score (nSPS) is 10.2. The van der Waals surface area contributed by atoms with Gasteiger partial charge in [0.2, 0.25) is 5.91 Å². The van der Waals surface area contributed by atoms with Crippen molar-refractivity contribution >= 4 is 11.7 Å². The summed E-state index contributed by atoms with van der Waals surface area (Å²) >= 11 is 0. The molecule has 1 aromatic heterocycles. The van der Waals surface area contributed by atoms with Crippen LogP contribution in [0.1, 0.15) is 35.9 Å². The molecule has 0 aliphatic heterocycles. The molecule has 0 atom stereocenters. The molecule has 0 aliphatic carbocycles. The van der Waals surface area contributed by atoms with Crippen LogP contribution in [0.3, 0.4) is 0 Å². The fourth-order valence-electron chi connectivity index (χ4n) is 1.46. The first-order valence-electron chi connectivity index (χ1n) is 4.70. The van der Waals surface area contributed by atoms with Crippen molar-refractivity contribution in [3.63, 3.8) is 0 Å². The highest BCUT2D eigenvalue weighted by Gasteiger charge is 2.10. The molecule has 0 amide bonds. The summed E-state index contributed by atoms with van der Waals surface area (Å²) in [5, 5.41) is 0. The Kier molecular flexibility index (Phi) is 3.23. The Hall–Kier alpha value is -1.38. The van der Waals surface area contributed by atoms with Crippen LogP contribution >= 0.6 is 0 Å². The summed E-state index contributed by atoms with van der Waals surface area (Å²) in [6.07, 6.45) is 0.627. The summed E-state index contributed by atoms with van der Waals surface area (Å²) in [5.41, 5.74) is 1.85. The van der Waals surface area contributed by atoms with Gasteiger partial charge in [-0.15, -0.1) is 0 Å². The minimum absolute atomic E-state index is 0.000185. The van der Waals surface area contributed by atoms with E-state index in [0.29, 0.717) is 12.8 Å². The lowest BCUT2D eigenvalue weighted by Crippen LogP contribution is -2.14. The van der Waals surface area contributed by atoms with Crippen LogP contribution < -0.4 is 0 Å². The van der Waals surface area contributed by atoms with Crippen molar-refractivity contribution in [3.05, 3.63) is 23.5 Å². The van der Waals surface area contributed by atoms with Gasteiger partial charge >= 0.3 is 0 Å². The number of carbonyl (C=O) groups is 2. The molecule has 0 bridgehead atoms. The molecule has 14 heavy (non-hydrogen) atoms. The lowest BCUT2D eigenvalue weighted by atomic mass is 10.2. The molecule has 1 heterocycles. The molecule has 3 nitrogen and oxygen atoms in total. The maximum atomic E-state index is 11.7. The number of hydrogen-bond donors (Lipinski definition) is 0.